The Morgan fingerprint density at radius 1 is 1.37 bits per heavy atom. The average Bonchev–Trinajstić information content (AvgIpc) is 2.76. The monoisotopic (exact) mass is 267 g/mol. The van der Waals surface area contributed by atoms with Crippen LogP contribution in [0.3, 0.4) is 0 Å². The first kappa shape index (κ1) is 13.1. The van der Waals surface area contributed by atoms with Crippen molar-refractivity contribution in [1.29, 1.82) is 0 Å². The number of carboxylic acid groups (broad SMARTS) is 1. The molecule has 1 aromatic heterocycles. The summed E-state index contributed by atoms with van der Waals surface area (Å²) in [4.78, 5) is 11.0. The van der Waals surface area contributed by atoms with E-state index in [9.17, 15) is 13.6 Å². The summed E-state index contributed by atoms with van der Waals surface area (Å²) in [6, 6.07) is 2.88. The summed E-state index contributed by atoms with van der Waals surface area (Å²) < 4.78 is 27.9. The van der Waals surface area contributed by atoms with Gasteiger partial charge in [0.2, 0.25) is 0 Å². The van der Waals surface area contributed by atoms with Crippen molar-refractivity contribution in [2.45, 2.75) is 19.8 Å². The summed E-state index contributed by atoms with van der Waals surface area (Å²) in [5, 5.41) is 16.1. The summed E-state index contributed by atoms with van der Waals surface area (Å²) in [6.45, 7) is 3.44. The molecule has 0 unspecified atom stereocenters. The van der Waals surface area contributed by atoms with Crippen LogP contribution in [0.4, 0.5) is 8.78 Å². The molecule has 0 saturated carbocycles. The van der Waals surface area contributed by atoms with E-state index < -0.39 is 17.6 Å². The molecule has 100 valence electrons. The topological polar surface area (TPSA) is 68.0 Å². The number of carbonyl (C=O) groups is 1. The molecule has 7 heteroatoms. The number of rotatable bonds is 3. The molecule has 0 amide bonds. The summed E-state index contributed by atoms with van der Waals surface area (Å²) in [7, 11) is 0. The van der Waals surface area contributed by atoms with E-state index >= 15 is 0 Å². The number of hydrogen-bond acceptors (Lipinski definition) is 3. The number of benzene rings is 1. The van der Waals surface area contributed by atoms with Crippen molar-refractivity contribution in [3.8, 4) is 5.69 Å². The first-order valence-electron chi connectivity index (χ1n) is 5.56. The molecule has 0 saturated heterocycles. The Morgan fingerprint density at radius 2 is 2.05 bits per heavy atom. The molecule has 5 nitrogen and oxygen atoms in total. The van der Waals surface area contributed by atoms with Crippen LogP contribution in [0, 0.1) is 11.6 Å². The van der Waals surface area contributed by atoms with Crippen LogP contribution < -0.4 is 0 Å². The van der Waals surface area contributed by atoms with Gasteiger partial charge in [-0.25, -0.2) is 18.3 Å². The van der Waals surface area contributed by atoms with Gasteiger partial charge in [-0.1, -0.05) is 19.1 Å². The van der Waals surface area contributed by atoms with Crippen LogP contribution in [0.1, 0.15) is 35.9 Å². The first-order valence-corrected chi connectivity index (χ1v) is 5.56. The maximum absolute atomic E-state index is 13.7. The van der Waals surface area contributed by atoms with E-state index in [0.717, 1.165) is 22.9 Å². The van der Waals surface area contributed by atoms with Crippen molar-refractivity contribution in [3.63, 3.8) is 0 Å². The fourth-order valence-electron chi connectivity index (χ4n) is 1.79. The highest BCUT2D eigenvalue weighted by Crippen LogP contribution is 2.23. The van der Waals surface area contributed by atoms with Gasteiger partial charge in [0.1, 0.15) is 17.3 Å². The lowest BCUT2D eigenvalue weighted by Gasteiger charge is -2.10. The van der Waals surface area contributed by atoms with Crippen LogP contribution in [-0.4, -0.2) is 26.1 Å². The highest BCUT2D eigenvalue weighted by Gasteiger charge is 2.23. The van der Waals surface area contributed by atoms with E-state index in [1.165, 1.54) is 0 Å². The number of aromatic nitrogens is 3. The SMILES string of the molecule is CC(C)c1c(C(=O)O)nnn1-c1cc(F)ccc1F. The minimum absolute atomic E-state index is 0.163. The summed E-state index contributed by atoms with van der Waals surface area (Å²) in [5.74, 6) is -2.86. The Hall–Kier alpha value is -2.31. The third-order valence-corrected chi connectivity index (χ3v) is 2.59. The fraction of sp³-hybridized carbons (Fsp3) is 0.250. The van der Waals surface area contributed by atoms with Crippen LogP contribution in [0.2, 0.25) is 0 Å². The van der Waals surface area contributed by atoms with Gasteiger partial charge in [0.25, 0.3) is 0 Å². The number of aromatic carboxylic acids is 1. The molecule has 0 aliphatic heterocycles. The number of hydrogen-bond donors (Lipinski definition) is 1. The Balaban J connectivity index is 2.69. The number of halogens is 2. The molecule has 1 heterocycles. The first-order chi connectivity index (χ1) is 8.91. The minimum atomic E-state index is -1.26. The van der Waals surface area contributed by atoms with Crippen molar-refractivity contribution in [1.82, 2.24) is 15.0 Å². The van der Waals surface area contributed by atoms with Crippen molar-refractivity contribution < 1.29 is 18.7 Å². The third kappa shape index (κ3) is 2.31. The number of nitrogens with zero attached hydrogens (tertiary/aromatic N) is 3. The molecular formula is C12H11F2N3O2. The van der Waals surface area contributed by atoms with Gasteiger partial charge in [-0.15, -0.1) is 5.10 Å². The molecule has 1 N–H and O–H groups in total. The largest absolute Gasteiger partial charge is 0.476 e. The number of carboxylic acids is 1. The molecule has 0 fully saturated rings. The zero-order chi connectivity index (χ0) is 14.2. The Labute approximate surface area is 107 Å². The summed E-state index contributed by atoms with van der Waals surface area (Å²) in [5.41, 5.74) is -0.209. The zero-order valence-electron chi connectivity index (χ0n) is 10.3. The zero-order valence-corrected chi connectivity index (χ0v) is 10.3. The Kier molecular flexibility index (Phi) is 3.28. The van der Waals surface area contributed by atoms with Gasteiger partial charge >= 0.3 is 5.97 Å². The van der Waals surface area contributed by atoms with Crippen LogP contribution in [0.15, 0.2) is 18.2 Å². The lowest BCUT2D eigenvalue weighted by atomic mass is 10.1. The molecule has 0 aliphatic carbocycles. The molecule has 2 rings (SSSR count). The van der Waals surface area contributed by atoms with Gasteiger partial charge < -0.3 is 5.11 Å². The van der Waals surface area contributed by atoms with Gasteiger partial charge in [0.15, 0.2) is 5.69 Å². The maximum Gasteiger partial charge on any atom is 0.358 e. The maximum atomic E-state index is 13.7. The molecule has 0 spiro atoms. The van der Waals surface area contributed by atoms with E-state index in [1.54, 1.807) is 13.8 Å². The smallest absolute Gasteiger partial charge is 0.358 e. The quantitative estimate of drug-likeness (QED) is 0.927. The van der Waals surface area contributed by atoms with Gasteiger partial charge in [0, 0.05) is 6.07 Å². The second-order valence-corrected chi connectivity index (χ2v) is 4.29. The van der Waals surface area contributed by atoms with E-state index in [1.807, 2.05) is 0 Å². The Bertz CT molecular complexity index is 638. The molecule has 0 radical (unpaired) electrons. The lowest BCUT2D eigenvalue weighted by Crippen LogP contribution is -2.10. The van der Waals surface area contributed by atoms with Gasteiger partial charge in [-0.2, -0.15) is 0 Å². The molecule has 2 aromatic rings. The second kappa shape index (κ2) is 4.75. The average molecular weight is 267 g/mol. The molecule has 0 atom stereocenters. The van der Waals surface area contributed by atoms with E-state index in [0.29, 0.717) is 0 Å². The van der Waals surface area contributed by atoms with E-state index in [4.69, 9.17) is 5.11 Å². The minimum Gasteiger partial charge on any atom is -0.476 e. The van der Waals surface area contributed by atoms with Crippen molar-refractivity contribution in [2.75, 3.05) is 0 Å². The van der Waals surface area contributed by atoms with Crippen LogP contribution >= 0.6 is 0 Å². The molecule has 0 bridgehead atoms. The van der Waals surface area contributed by atoms with Gasteiger partial charge in [0.05, 0.1) is 5.69 Å². The predicted octanol–water partition coefficient (Wildman–Crippen LogP) is 2.37. The molecule has 0 aliphatic rings. The van der Waals surface area contributed by atoms with Crippen LogP contribution in [-0.2, 0) is 0 Å². The van der Waals surface area contributed by atoms with Crippen molar-refractivity contribution in [2.24, 2.45) is 0 Å². The van der Waals surface area contributed by atoms with E-state index in [2.05, 4.69) is 10.3 Å². The van der Waals surface area contributed by atoms with Crippen molar-refractivity contribution in [3.05, 3.63) is 41.2 Å². The van der Waals surface area contributed by atoms with Crippen molar-refractivity contribution >= 4 is 5.97 Å². The predicted molar refractivity (Wildman–Crippen MR) is 62.3 cm³/mol. The molecular weight excluding hydrogens is 256 g/mol. The second-order valence-electron chi connectivity index (χ2n) is 4.29. The van der Waals surface area contributed by atoms with E-state index in [-0.39, 0.29) is 23.0 Å². The Morgan fingerprint density at radius 3 is 2.63 bits per heavy atom. The summed E-state index contributed by atoms with van der Waals surface area (Å²) in [6.07, 6.45) is 0. The highest BCUT2D eigenvalue weighted by atomic mass is 19.1. The highest BCUT2D eigenvalue weighted by molar-refractivity contribution is 5.86. The molecule has 1 aromatic carbocycles. The third-order valence-electron chi connectivity index (χ3n) is 2.59. The van der Waals surface area contributed by atoms with Gasteiger partial charge in [-0.3, -0.25) is 0 Å². The molecule has 19 heavy (non-hydrogen) atoms. The fourth-order valence-corrected chi connectivity index (χ4v) is 1.79. The van der Waals surface area contributed by atoms with Gasteiger partial charge in [-0.05, 0) is 18.1 Å². The standard InChI is InChI=1S/C12H11F2N3O2/c1-6(2)11-10(12(18)19)15-16-17(11)9-5-7(13)3-4-8(9)14/h3-6H,1-2H3,(H,18,19). The normalized spacial score (nSPS) is 11.0. The van der Waals surface area contributed by atoms with Crippen LogP contribution in [0.5, 0.6) is 0 Å². The van der Waals surface area contributed by atoms with Crippen LogP contribution in [0.25, 0.3) is 5.69 Å². The summed E-state index contributed by atoms with van der Waals surface area (Å²) >= 11 is 0. The lowest BCUT2D eigenvalue weighted by molar-refractivity contribution is 0.0688.